The standard InChI is InChI=1S/C19H13Cl2FN2O2/c1-10-4-5-23-8-11(10)7-16(25)15-6-12(9-24-15)19(26)17-13(20)2-3-14(21)18(17)22/h2-6,8-9,24H,7H2,1H3. The average molecular weight is 391 g/mol. The van der Waals surface area contributed by atoms with Gasteiger partial charge in [0, 0.05) is 30.6 Å². The molecule has 0 saturated carbocycles. The third-order valence-electron chi connectivity index (χ3n) is 4.02. The highest BCUT2D eigenvalue weighted by Crippen LogP contribution is 2.28. The van der Waals surface area contributed by atoms with E-state index in [1.54, 1.807) is 12.4 Å². The molecule has 3 aromatic rings. The van der Waals surface area contributed by atoms with Crippen molar-refractivity contribution in [1.29, 1.82) is 0 Å². The van der Waals surface area contributed by atoms with Crippen LogP contribution in [0.3, 0.4) is 0 Å². The molecule has 0 bridgehead atoms. The van der Waals surface area contributed by atoms with E-state index in [0.29, 0.717) is 0 Å². The number of pyridine rings is 1. The third-order valence-corrected chi connectivity index (χ3v) is 4.62. The van der Waals surface area contributed by atoms with Crippen LogP contribution >= 0.6 is 23.2 Å². The fourth-order valence-corrected chi connectivity index (χ4v) is 2.91. The van der Waals surface area contributed by atoms with Crippen LogP contribution in [-0.2, 0) is 6.42 Å². The minimum absolute atomic E-state index is 0.0445. The van der Waals surface area contributed by atoms with E-state index in [-0.39, 0.29) is 39.1 Å². The van der Waals surface area contributed by atoms with Gasteiger partial charge in [-0.25, -0.2) is 4.39 Å². The molecule has 2 heterocycles. The zero-order valence-electron chi connectivity index (χ0n) is 13.6. The summed E-state index contributed by atoms with van der Waals surface area (Å²) in [5.41, 5.74) is 1.79. The van der Waals surface area contributed by atoms with Gasteiger partial charge in [-0.1, -0.05) is 23.2 Å². The Bertz CT molecular complexity index is 1010. The molecule has 0 atom stereocenters. The van der Waals surface area contributed by atoms with Gasteiger partial charge in [-0.3, -0.25) is 14.6 Å². The van der Waals surface area contributed by atoms with Crippen molar-refractivity contribution in [3.05, 3.63) is 86.7 Å². The van der Waals surface area contributed by atoms with Crippen LogP contribution in [0.25, 0.3) is 0 Å². The molecule has 1 aromatic carbocycles. The molecule has 7 heteroatoms. The Balaban J connectivity index is 1.86. The molecule has 2 aromatic heterocycles. The molecule has 4 nitrogen and oxygen atoms in total. The van der Waals surface area contributed by atoms with Crippen molar-refractivity contribution in [2.24, 2.45) is 0 Å². The summed E-state index contributed by atoms with van der Waals surface area (Å²) in [5.74, 6) is -1.75. The molecular formula is C19H13Cl2FN2O2. The number of halogens is 3. The molecule has 1 N–H and O–H groups in total. The lowest BCUT2D eigenvalue weighted by Crippen LogP contribution is -2.06. The van der Waals surface area contributed by atoms with E-state index in [1.165, 1.54) is 24.4 Å². The summed E-state index contributed by atoms with van der Waals surface area (Å²) in [6.45, 7) is 1.89. The molecule has 0 fully saturated rings. The average Bonchev–Trinajstić information content (AvgIpc) is 3.11. The largest absolute Gasteiger partial charge is 0.358 e. The summed E-state index contributed by atoms with van der Waals surface area (Å²) in [6, 6.07) is 5.83. The van der Waals surface area contributed by atoms with Crippen LogP contribution in [0.4, 0.5) is 4.39 Å². The number of aromatic nitrogens is 2. The number of nitrogens with one attached hydrogen (secondary N) is 1. The Kier molecular flexibility index (Phi) is 5.20. The quantitative estimate of drug-likeness (QED) is 0.501. The highest BCUT2D eigenvalue weighted by atomic mass is 35.5. The van der Waals surface area contributed by atoms with Crippen LogP contribution in [0, 0.1) is 12.7 Å². The van der Waals surface area contributed by atoms with Gasteiger partial charge in [-0.2, -0.15) is 0 Å². The van der Waals surface area contributed by atoms with Crippen LogP contribution < -0.4 is 0 Å². The van der Waals surface area contributed by atoms with Crippen molar-refractivity contribution in [1.82, 2.24) is 9.97 Å². The molecule has 0 saturated heterocycles. The molecule has 26 heavy (non-hydrogen) atoms. The highest BCUT2D eigenvalue weighted by Gasteiger charge is 2.22. The number of aryl methyl sites for hydroxylation is 1. The topological polar surface area (TPSA) is 62.8 Å². The molecular weight excluding hydrogens is 378 g/mol. The molecule has 3 rings (SSSR count). The van der Waals surface area contributed by atoms with E-state index in [0.717, 1.165) is 11.1 Å². The first kappa shape index (κ1) is 18.3. The number of H-pyrrole nitrogens is 1. The summed E-state index contributed by atoms with van der Waals surface area (Å²) >= 11 is 11.7. The number of hydrogen-bond acceptors (Lipinski definition) is 3. The van der Waals surface area contributed by atoms with Crippen molar-refractivity contribution in [3.63, 3.8) is 0 Å². The minimum atomic E-state index is -0.885. The Morgan fingerprint density at radius 1 is 1.19 bits per heavy atom. The molecule has 0 amide bonds. The summed E-state index contributed by atoms with van der Waals surface area (Å²) in [4.78, 5) is 31.8. The van der Waals surface area contributed by atoms with Crippen molar-refractivity contribution < 1.29 is 14.0 Å². The number of rotatable bonds is 5. The molecule has 132 valence electrons. The highest BCUT2D eigenvalue weighted by molar-refractivity contribution is 6.37. The number of ketones is 2. The van der Waals surface area contributed by atoms with Gasteiger partial charge in [0.25, 0.3) is 0 Å². The van der Waals surface area contributed by atoms with E-state index in [1.807, 2.05) is 13.0 Å². The van der Waals surface area contributed by atoms with Gasteiger partial charge in [0.05, 0.1) is 21.3 Å². The predicted molar refractivity (Wildman–Crippen MR) is 97.7 cm³/mol. The molecule has 0 aliphatic carbocycles. The predicted octanol–water partition coefficient (Wildman–Crippen LogP) is 4.82. The third kappa shape index (κ3) is 3.54. The van der Waals surface area contributed by atoms with Crippen molar-refractivity contribution in [2.45, 2.75) is 13.3 Å². The number of hydrogen-bond donors (Lipinski definition) is 1. The number of carbonyl (C=O) groups is 2. The van der Waals surface area contributed by atoms with Crippen molar-refractivity contribution in [3.8, 4) is 0 Å². The smallest absolute Gasteiger partial charge is 0.199 e. The summed E-state index contributed by atoms with van der Waals surface area (Å²) in [5, 5.41) is -0.242. The first-order chi connectivity index (χ1) is 12.4. The SMILES string of the molecule is Cc1ccncc1CC(=O)c1cc(C(=O)c2c(Cl)ccc(Cl)c2F)c[nH]1. The van der Waals surface area contributed by atoms with Gasteiger partial charge in [-0.15, -0.1) is 0 Å². The van der Waals surface area contributed by atoms with E-state index < -0.39 is 11.6 Å². The molecule has 0 aliphatic heterocycles. The van der Waals surface area contributed by atoms with E-state index >= 15 is 0 Å². The molecule has 0 aliphatic rings. The second-order valence-electron chi connectivity index (χ2n) is 5.75. The Morgan fingerprint density at radius 3 is 2.65 bits per heavy atom. The fraction of sp³-hybridized carbons (Fsp3) is 0.105. The van der Waals surface area contributed by atoms with Gasteiger partial charge in [-0.05, 0) is 42.3 Å². The second-order valence-corrected chi connectivity index (χ2v) is 6.57. The van der Waals surface area contributed by atoms with Gasteiger partial charge in [0.15, 0.2) is 17.4 Å². The van der Waals surface area contributed by atoms with Crippen LogP contribution in [0.2, 0.25) is 10.0 Å². The summed E-state index contributed by atoms with van der Waals surface area (Å²) in [7, 11) is 0. The molecule has 0 spiro atoms. The van der Waals surface area contributed by atoms with Gasteiger partial charge >= 0.3 is 0 Å². The molecule has 0 radical (unpaired) electrons. The number of benzene rings is 1. The van der Waals surface area contributed by atoms with E-state index in [9.17, 15) is 14.0 Å². The maximum absolute atomic E-state index is 14.2. The lowest BCUT2D eigenvalue weighted by atomic mass is 10.0. The van der Waals surface area contributed by atoms with E-state index in [4.69, 9.17) is 23.2 Å². The summed E-state index contributed by atoms with van der Waals surface area (Å²) in [6.07, 6.45) is 4.77. The first-order valence-electron chi connectivity index (χ1n) is 7.67. The van der Waals surface area contributed by atoms with Crippen LogP contribution in [0.1, 0.15) is 37.5 Å². The van der Waals surface area contributed by atoms with Crippen LogP contribution in [0.15, 0.2) is 42.9 Å². The van der Waals surface area contributed by atoms with Crippen molar-refractivity contribution in [2.75, 3.05) is 0 Å². The Labute approximate surface area is 159 Å². The monoisotopic (exact) mass is 390 g/mol. The zero-order valence-corrected chi connectivity index (χ0v) is 15.2. The number of carbonyl (C=O) groups excluding carboxylic acids is 2. The van der Waals surface area contributed by atoms with Crippen molar-refractivity contribution >= 4 is 34.8 Å². The number of aromatic amines is 1. The normalized spacial score (nSPS) is 10.8. The lowest BCUT2D eigenvalue weighted by molar-refractivity contribution is 0.0988. The number of nitrogens with zero attached hydrogens (tertiary/aromatic N) is 1. The minimum Gasteiger partial charge on any atom is -0.358 e. The summed E-state index contributed by atoms with van der Waals surface area (Å²) < 4.78 is 14.2. The van der Waals surface area contributed by atoms with Crippen LogP contribution in [0.5, 0.6) is 0 Å². The van der Waals surface area contributed by atoms with Gasteiger partial charge < -0.3 is 4.98 Å². The Hall–Kier alpha value is -2.50. The number of Topliss-reactive ketones (excluding diaryl/α,β-unsaturated/α-hetero) is 1. The van der Waals surface area contributed by atoms with Crippen LogP contribution in [-0.4, -0.2) is 21.5 Å². The van der Waals surface area contributed by atoms with Gasteiger partial charge in [0.1, 0.15) is 0 Å². The maximum atomic E-state index is 14.2. The zero-order chi connectivity index (χ0) is 18.8. The van der Waals surface area contributed by atoms with E-state index in [2.05, 4.69) is 9.97 Å². The maximum Gasteiger partial charge on any atom is 0.199 e. The van der Waals surface area contributed by atoms with Gasteiger partial charge in [0.2, 0.25) is 0 Å². The fourth-order valence-electron chi connectivity index (χ4n) is 2.52. The lowest BCUT2D eigenvalue weighted by Gasteiger charge is -2.05. The molecule has 0 unspecified atom stereocenters. The second kappa shape index (κ2) is 7.40. The first-order valence-corrected chi connectivity index (χ1v) is 8.43. The Morgan fingerprint density at radius 2 is 1.92 bits per heavy atom.